The highest BCUT2D eigenvalue weighted by atomic mass is 16.5. The molecule has 1 aliphatic rings. The number of methoxy groups -OCH3 is 1. The summed E-state index contributed by atoms with van der Waals surface area (Å²) in [7, 11) is 1.44. The third-order valence-corrected chi connectivity index (χ3v) is 2.40. The summed E-state index contributed by atoms with van der Waals surface area (Å²) < 4.78 is 4.66. The van der Waals surface area contributed by atoms with E-state index in [1.807, 2.05) is 0 Å². The van der Waals surface area contributed by atoms with Crippen LogP contribution < -0.4 is 5.32 Å². The first-order valence-electron chi connectivity index (χ1n) is 4.59. The molecule has 1 fully saturated rings. The lowest BCUT2D eigenvalue weighted by atomic mass is 10.0. The van der Waals surface area contributed by atoms with E-state index in [1.165, 1.54) is 20.0 Å². The maximum Gasteiger partial charge on any atom is 0.322 e. The van der Waals surface area contributed by atoms with Crippen LogP contribution in [-0.4, -0.2) is 25.7 Å². The second-order valence-corrected chi connectivity index (χ2v) is 3.37. The van der Waals surface area contributed by atoms with Crippen LogP contribution in [0.3, 0.4) is 0 Å². The molecule has 70 valence electrons. The van der Waals surface area contributed by atoms with Crippen LogP contribution in [0, 0.1) is 5.92 Å². The van der Waals surface area contributed by atoms with Gasteiger partial charge in [0.15, 0.2) is 0 Å². The maximum absolute atomic E-state index is 11.1. The molecule has 0 aliphatic carbocycles. The van der Waals surface area contributed by atoms with Crippen molar-refractivity contribution in [3.63, 3.8) is 0 Å². The Labute approximate surface area is 73.5 Å². The first-order valence-corrected chi connectivity index (χ1v) is 4.59. The molecule has 3 heteroatoms. The van der Waals surface area contributed by atoms with E-state index in [9.17, 15) is 4.79 Å². The number of ether oxygens (including phenoxy) is 1. The van der Waals surface area contributed by atoms with Gasteiger partial charge in [-0.05, 0) is 25.3 Å². The second-order valence-electron chi connectivity index (χ2n) is 3.37. The molecule has 0 saturated carbocycles. The van der Waals surface area contributed by atoms with Crippen molar-refractivity contribution in [2.75, 3.05) is 13.7 Å². The Hall–Kier alpha value is -0.570. The van der Waals surface area contributed by atoms with Crippen molar-refractivity contribution in [1.29, 1.82) is 0 Å². The van der Waals surface area contributed by atoms with Gasteiger partial charge in [-0.15, -0.1) is 0 Å². The van der Waals surface area contributed by atoms with Gasteiger partial charge in [0, 0.05) is 0 Å². The lowest BCUT2D eigenvalue weighted by Crippen LogP contribution is -2.31. The SMILES string of the molecule is CCCC1CNC(C(=O)OC)C1. The highest BCUT2D eigenvalue weighted by molar-refractivity contribution is 5.75. The Morgan fingerprint density at radius 1 is 1.67 bits per heavy atom. The average molecular weight is 171 g/mol. The zero-order valence-corrected chi connectivity index (χ0v) is 7.80. The topological polar surface area (TPSA) is 38.3 Å². The van der Waals surface area contributed by atoms with Crippen LogP contribution in [0.5, 0.6) is 0 Å². The molecule has 0 aromatic rings. The van der Waals surface area contributed by atoms with Crippen LogP contribution in [0.2, 0.25) is 0 Å². The van der Waals surface area contributed by atoms with E-state index in [4.69, 9.17) is 0 Å². The smallest absolute Gasteiger partial charge is 0.322 e. The van der Waals surface area contributed by atoms with E-state index in [0.29, 0.717) is 5.92 Å². The van der Waals surface area contributed by atoms with Gasteiger partial charge in [-0.3, -0.25) is 4.79 Å². The van der Waals surface area contributed by atoms with Gasteiger partial charge in [0.05, 0.1) is 7.11 Å². The molecule has 1 saturated heterocycles. The Morgan fingerprint density at radius 3 is 3.00 bits per heavy atom. The van der Waals surface area contributed by atoms with Crippen LogP contribution in [0.4, 0.5) is 0 Å². The lowest BCUT2D eigenvalue weighted by Gasteiger charge is -2.06. The molecular weight excluding hydrogens is 154 g/mol. The minimum absolute atomic E-state index is 0.0495. The molecule has 2 unspecified atom stereocenters. The maximum atomic E-state index is 11.1. The summed E-state index contributed by atoms with van der Waals surface area (Å²) >= 11 is 0. The largest absolute Gasteiger partial charge is 0.468 e. The summed E-state index contributed by atoms with van der Waals surface area (Å²) in [5.41, 5.74) is 0. The number of carbonyl (C=O) groups excluding carboxylic acids is 1. The molecule has 3 nitrogen and oxygen atoms in total. The summed E-state index contributed by atoms with van der Waals surface area (Å²) in [6, 6.07) is -0.0495. The van der Waals surface area contributed by atoms with Crippen molar-refractivity contribution in [2.24, 2.45) is 5.92 Å². The Balaban J connectivity index is 2.30. The molecule has 0 aromatic carbocycles. The minimum atomic E-state index is -0.117. The van der Waals surface area contributed by atoms with Gasteiger partial charge >= 0.3 is 5.97 Å². The first kappa shape index (κ1) is 9.52. The van der Waals surface area contributed by atoms with Crippen LogP contribution in [0.25, 0.3) is 0 Å². The fourth-order valence-electron chi connectivity index (χ4n) is 1.76. The van der Waals surface area contributed by atoms with Crippen LogP contribution in [-0.2, 0) is 9.53 Å². The predicted octanol–water partition coefficient (Wildman–Crippen LogP) is 0.938. The molecule has 0 amide bonds. The number of rotatable bonds is 3. The van der Waals surface area contributed by atoms with Crippen molar-refractivity contribution in [3.8, 4) is 0 Å². The number of carbonyl (C=O) groups is 1. The zero-order chi connectivity index (χ0) is 8.97. The fourth-order valence-corrected chi connectivity index (χ4v) is 1.76. The Bertz CT molecular complexity index is 159. The third-order valence-electron chi connectivity index (χ3n) is 2.40. The second kappa shape index (κ2) is 4.45. The molecule has 1 heterocycles. The summed E-state index contributed by atoms with van der Waals surface area (Å²) in [5.74, 6) is 0.549. The molecule has 1 rings (SSSR count). The van der Waals surface area contributed by atoms with E-state index in [0.717, 1.165) is 13.0 Å². The van der Waals surface area contributed by atoms with Gasteiger partial charge < -0.3 is 10.1 Å². The molecular formula is C9H17NO2. The van der Waals surface area contributed by atoms with E-state index in [1.54, 1.807) is 0 Å². The molecule has 0 aromatic heterocycles. The first-order chi connectivity index (χ1) is 5.77. The van der Waals surface area contributed by atoms with Crippen molar-refractivity contribution in [2.45, 2.75) is 32.2 Å². The van der Waals surface area contributed by atoms with E-state index in [-0.39, 0.29) is 12.0 Å². The van der Waals surface area contributed by atoms with Crippen molar-refractivity contribution in [3.05, 3.63) is 0 Å². The summed E-state index contributed by atoms with van der Waals surface area (Å²) in [6.07, 6.45) is 3.35. The third kappa shape index (κ3) is 2.21. The fraction of sp³-hybridized carbons (Fsp3) is 0.889. The van der Waals surface area contributed by atoms with Crippen LogP contribution in [0.15, 0.2) is 0 Å². The monoisotopic (exact) mass is 171 g/mol. The van der Waals surface area contributed by atoms with Crippen molar-refractivity contribution >= 4 is 5.97 Å². The van der Waals surface area contributed by atoms with Crippen LogP contribution >= 0.6 is 0 Å². The van der Waals surface area contributed by atoms with Gasteiger partial charge in [0.2, 0.25) is 0 Å². The van der Waals surface area contributed by atoms with E-state index < -0.39 is 0 Å². The number of hydrogen-bond acceptors (Lipinski definition) is 3. The number of hydrogen-bond donors (Lipinski definition) is 1. The Kier molecular flexibility index (Phi) is 3.53. The lowest BCUT2D eigenvalue weighted by molar-refractivity contribution is -0.142. The molecule has 2 atom stereocenters. The molecule has 1 aliphatic heterocycles. The van der Waals surface area contributed by atoms with Crippen LogP contribution in [0.1, 0.15) is 26.2 Å². The van der Waals surface area contributed by atoms with E-state index in [2.05, 4.69) is 17.0 Å². The molecule has 0 radical (unpaired) electrons. The highest BCUT2D eigenvalue weighted by Crippen LogP contribution is 2.19. The van der Waals surface area contributed by atoms with Crippen molar-refractivity contribution in [1.82, 2.24) is 5.32 Å². The quantitative estimate of drug-likeness (QED) is 0.642. The Morgan fingerprint density at radius 2 is 2.42 bits per heavy atom. The van der Waals surface area contributed by atoms with E-state index >= 15 is 0 Å². The van der Waals surface area contributed by atoms with Crippen molar-refractivity contribution < 1.29 is 9.53 Å². The van der Waals surface area contributed by atoms with Gasteiger partial charge in [-0.1, -0.05) is 13.3 Å². The molecule has 1 N–H and O–H groups in total. The molecule has 0 spiro atoms. The summed E-state index contributed by atoms with van der Waals surface area (Å²) in [5, 5.41) is 3.17. The number of esters is 1. The van der Waals surface area contributed by atoms with Gasteiger partial charge in [0.25, 0.3) is 0 Å². The van der Waals surface area contributed by atoms with Gasteiger partial charge in [0.1, 0.15) is 6.04 Å². The summed E-state index contributed by atoms with van der Waals surface area (Å²) in [6.45, 7) is 3.14. The normalized spacial score (nSPS) is 28.8. The minimum Gasteiger partial charge on any atom is -0.468 e. The average Bonchev–Trinajstić information content (AvgIpc) is 2.52. The predicted molar refractivity (Wildman–Crippen MR) is 46.8 cm³/mol. The standard InChI is InChI=1S/C9H17NO2/c1-3-4-7-5-8(10-6-7)9(11)12-2/h7-8,10H,3-6H2,1-2H3. The summed E-state index contributed by atoms with van der Waals surface area (Å²) in [4.78, 5) is 11.1. The highest BCUT2D eigenvalue weighted by Gasteiger charge is 2.29. The zero-order valence-electron chi connectivity index (χ0n) is 7.80. The molecule has 12 heavy (non-hydrogen) atoms. The molecule has 0 bridgehead atoms. The van der Waals surface area contributed by atoms with Gasteiger partial charge in [-0.25, -0.2) is 0 Å². The number of nitrogens with one attached hydrogen (secondary N) is 1. The van der Waals surface area contributed by atoms with Gasteiger partial charge in [-0.2, -0.15) is 0 Å².